The Morgan fingerprint density at radius 3 is 2.33 bits per heavy atom. The average Bonchev–Trinajstić information content (AvgIpc) is 2.52. The van der Waals surface area contributed by atoms with E-state index in [0.717, 1.165) is 17.7 Å². The first-order valence-corrected chi connectivity index (χ1v) is 8.57. The van der Waals surface area contributed by atoms with Crippen LogP contribution in [-0.2, 0) is 16.2 Å². The van der Waals surface area contributed by atoms with E-state index in [-0.39, 0.29) is 12.1 Å². The molecule has 0 aliphatic carbocycles. The minimum atomic E-state index is -4.61. The van der Waals surface area contributed by atoms with Crippen LogP contribution in [0.4, 0.5) is 13.2 Å². The van der Waals surface area contributed by atoms with E-state index in [0.29, 0.717) is 6.07 Å². The maximum absolute atomic E-state index is 12.8. The second-order valence-corrected chi connectivity index (χ2v) is 7.08. The minimum absolute atomic E-state index is 0.123. The molecule has 0 saturated heterocycles. The van der Waals surface area contributed by atoms with Crippen LogP contribution in [0.25, 0.3) is 0 Å². The molecule has 0 saturated carbocycles. The Kier molecular flexibility index (Phi) is 5.32. The van der Waals surface area contributed by atoms with Crippen LogP contribution in [0.5, 0.6) is 0 Å². The number of halogens is 3. The number of sulfonamides is 1. The lowest BCUT2D eigenvalue weighted by atomic mass is 10.1. The summed E-state index contributed by atoms with van der Waals surface area (Å²) in [5.41, 5.74) is 5.85. The fourth-order valence-corrected chi connectivity index (χ4v) is 3.49. The summed E-state index contributed by atoms with van der Waals surface area (Å²) in [6, 6.07) is 10.8. The van der Waals surface area contributed by atoms with Gasteiger partial charge in [0.1, 0.15) is 0 Å². The molecule has 0 radical (unpaired) electrons. The molecule has 0 fully saturated rings. The Balaban J connectivity index is 2.22. The zero-order valence-corrected chi connectivity index (χ0v) is 13.7. The third kappa shape index (κ3) is 4.34. The number of hydrogen-bond acceptors (Lipinski definition) is 3. The molecule has 0 aliphatic heterocycles. The van der Waals surface area contributed by atoms with E-state index in [9.17, 15) is 21.6 Å². The van der Waals surface area contributed by atoms with E-state index in [2.05, 4.69) is 4.72 Å². The van der Waals surface area contributed by atoms with Crippen LogP contribution in [0.2, 0.25) is 0 Å². The first kappa shape index (κ1) is 18.4. The van der Waals surface area contributed by atoms with Crippen LogP contribution < -0.4 is 10.5 Å². The standard InChI is InChI=1S/C16H17F3N2O2S/c1-11-7-8-13(16(17,18)19)9-15(11)24(22,23)21-10-14(20)12-5-3-2-4-6-12/h2-9,14,21H,10,20H2,1H3. The predicted molar refractivity (Wildman–Crippen MR) is 84.7 cm³/mol. The van der Waals surface area contributed by atoms with Crippen molar-refractivity contribution >= 4 is 10.0 Å². The van der Waals surface area contributed by atoms with E-state index in [1.54, 1.807) is 30.3 Å². The van der Waals surface area contributed by atoms with Gasteiger partial charge in [0.05, 0.1) is 10.5 Å². The molecule has 130 valence electrons. The third-order valence-corrected chi connectivity index (χ3v) is 5.09. The van der Waals surface area contributed by atoms with Gasteiger partial charge in [-0.05, 0) is 30.2 Å². The number of aryl methyl sites for hydroxylation is 1. The summed E-state index contributed by atoms with van der Waals surface area (Å²) in [7, 11) is -4.11. The number of benzene rings is 2. The normalized spacial score (nSPS) is 13.7. The molecule has 2 aromatic carbocycles. The summed E-state index contributed by atoms with van der Waals surface area (Å²) in [6.45, 7) is 1.31. The Morgan fingerprint density at radius 2 is 1.75 bits per heavy atom. The van der Waals surface area contributed by atoms with Gasteiger partial charge >= 0.3 is 6.18 Å². The van der Waals surface area contributed by atoms with Crippen molar-refractivity contribution in [3.63, 3.8) is 0 Å². The second kappa shape index (κ2) is 6.92. The van der Waals surface area contributed by atoms with Crippen LogP contribution in [-0.4, -0.2) is 15.0 Å². The molecular formula is C16H17F3N2O2S. The highest BCUT2D eigenvalue weighted by Gasteiger charge is 2.32. The van der Waals surface area contributed by atoms with E-state index in [1.807, 2.05) is 0 Å². The van der Waals surface area contributed by atoms with E-state index in [4.69, 9.17) is 5.73 Å². The topological polar surface area (TPSA) is 72.2 Å². The minimum Gasteiger partial charge on any atom is -0.323 e. The Bertz CT molecular complexity index is 806. The highest BCUT2D eigenvalue weighted by atomic mass is 32.2. The number of rotatable bonds is 5. The van der Waals surface area contributed by atoms with Gasteiger partial charge in [0.15, 0.2) is 0 Å². The highest BCUT2D eigenvalue weighted by Crippen LogP contribution is 2.31. The molecule has 2 aromatic rings. The molecule has 3 N–H and O–H groups in total. The van der Waals surface area contributed by atoms with Gasteiger partial charge in [-0.3, -0.25) is 0 Å². The van der Waals surface area contributed by atoms with Crippen molar-refractivity contribution in [3.8, 4) is 0 Å². The van der Waals surface area contributed by atoms with Gasteiger partial charge in [-0.2, -0.15) is 13.2 Å². The largest absolute Gasteiger partial charge is 0.416 e. The van der Waals surface area contributed by atoms with Gasteiger partial charge < -0.3 is 5.73 Å². The van der Waals surface area contributed by atoms with Crippen molar-refractivity contribution < 1.29 is 21.6 Å². The molecule has 0 aromatic heterocycles. The summed E-state index contributed by atoms with van der Waals surface area (Å²) >= 11 is 0. The Morgan fingerprint density at radius 1 is 1.12 bits per heavy atom. The lowest BCUT2D eigenvalue weighted by Gasteiger charge is -2.15. The molecule has 0 amide bonds. The van der Waals surface area contributed by atoms with Crippen molar-refractivity contribution in [2.45, 2.75) is 24.0 Å². The van der Waals surface area contributed by atoms with E-state index < -0.39 is 32.7 Å². The maximum Gasteiger partial charge on any atom is 0.416 e. The van der Waals surface area contributed by atoms with Gasteiger partial charge in [-0.25, -0.2) is 13.1 Å². The first-order valence-electron chi connectivity index (χ1n) is 7.09. The zero-order valence-electron chi connectivity index (χ0n) is 12.8. The SMILES string of the molecule is Cc1ccc(C(F)(F)F)cc1S(=O)(=O)NCC(N)c1ccccc1. The molecule has 1 unspecified atom stereocenters. The molecule has 0 heterocycles. The summed E-state index contributed by atoms with van der Waals surface area (Å²) in [4.78, 5) is -0.405. The molecule has 0 aliphatic rings. The molecule has 8 heteroatoms. The molecule has 4 nitrogen and oxygen atoms in total. The van der Waals surface area contributed by atoms with Crippen LogP contribution in [0.1, 0.15) is 22.7 Å². The monoisotopic (exact) mass is 358 g/mol. The van der Waals surface area contributed by atoms with Gasteiger partial charge in [0.2, 0.25) is 10.0 Å². The first-order chi connectivity index (χ1) is 11.1. The third-order valence-electron chi connectivity index (χ3n) is 3.53. The molecular weight excluding hydrogens is 341 g/mol. The van der Waals surface area contributed by atoms with E-state index >= 15 is 0 Å². The second-order valence-electron chi connectivity index (χ2n) is 5.35. The van der Waals surface area contributed by atoms with Crippen LogP contribution in [0, 0.1) is 6.92 Å². The number of nitrogens with one attached hydrogen (secondary N) is 1. The number of hydrogen-bond donors (Lipinski definition) is 2. The lowest BCUT2D eigenvalue weighted by Crippen LogP contribution is -2.32. The van der Waals surface area contributed by atoms with E-state index in [1.165, 1.54) is 6.92 Å². The van der Waals surface area contributed by atoms with Crippen LogP contribution in [0.3, 0.4) is 0 Å². The Hall–Kier alpha value is -1.90. The summed E-state index contributed by atoms with van der Waals surface area (Å²) in [5.74, 6) is 0. The number of alkyl halides is 3. The summed E-state index contributed by atoms with van der Waals surface area (Å²) in [6.07, 6.45) is -4.61. The fraction of sp³-hybridized carbons (Fsp3) is 0.250. The van der Waals surface area contributed by atoms with Crippen LogP contribution in [0.15, 0.2) is 53.4 Å². The quantitative estimate of drug-likeness (QED) is 0.863. The summed E-state index contributed by atoms with van der Waals surface area (Å²) < 4.78 is 65.3. The average molecular weight is 358 g/mol. The Labute approximate surface area is 138 Å². The van der Waals surface area contributed by atoms with Crippen LogP contribution >= 0.6 is 0 Å². The number of nitrogens with two attached hydrogens (primary N) is 1. The molecule has 0 bridgehead atoms. The molecule has 2 rings (SSSR count). The molecule has 24 heavy (non-hydrogen) atoms. The lowest BCUT2D eigenvalue weighted by molar-refractivity contribution is -0.137. The smallest absolute Gasteiger partial charge is 0.323 e. The van der Waals surface area contributed by atoms with Gasteiger partial charge in [0.25, 0.3) is 0 Å². The van der Waals surface area contributed by atoms with Crippen molar-refractivity contribution in [3.05, 3.63) is 65.2 Å². The van der Waals surface area contributed by atoms with Gasteiger partial charge in [-0.1, -0.05) is 36.4 Å². The van der Waals surface area contributed by atoms with Crippen molar-refractivity contribution in [2.24, 2.45) is 5.73 Å². The zero-order chi connectivity index (χ0) is 18.0. The predicted octanol–water partition coefficient (Wildman–Crippen LogP) is 2.99. The summed E-state index contributed by atoms with van der Waals surface area (Å²) in [5, 5.41) is 0. The van der Waals surface area contributed by atoms with Gasteiger partial charge in [0, 0.05) is 12.6 Å². The fourth-order valence-electron chi connectivity index (χ4n) is 2.16. The maximum atomic E-state index is 12.8. The van der Waals surface area contributed by atoms with Gasteiger partial charge in [-0.15, -0.1) is 0 Å². The molecule has 1 atom stereocenters. The van der Waals surface area contributed by atoms with Crippen molar-refractivity contribution in [2.75, 3.05) is 6.54 Å². The van der Waals surface area contributed by atoms with Crippen molar-refractivity contribution in [1.82, 2.24) is 4.72 Å². The molecule has 0 spiro atoms. The highest BCUT2D eigenvalue weighted by molar-refractivity contribution is 7.89. The van der Waals surface area contributed by atoms with Crippen molar-refractivity contribution in [1.29, 1.82) is 0 Å².